The molecule has 7 heteroatoms. The molecule has 104 valence electrons. The molecule has 1 amide bonds. The van der Waals surface area contributed by atoms with Crippen molar-refractivity contribution >= 4 is 11.6 Å². The first-order valence-electron chi connectivity index (χ1n) is 5.81. The Hall–Kier alpha value is -1.76. The van der Waals surface area contributed by atoms with E-state index >= 15 is 0 Å². The number of benzene rings is 1. The Morgan fingerprint density at radius 1 is 1.37 bits per heavy atom. The van der Waals surface area contributed by atoms with Gasteiger partial charge in [0.25, 0.3) is 0 Å². The minimum Gasteiger partial charge on any atom is -0.399 e. The third-order valence-electron chi connectivity index (χ3n) is 2.95. The number of hydrogen-bond donors (Lipinski definition) is 2. The normalized spacial score (nSPS) is 17.3. The highest BCUT2D eigenvalue weighted by atomic mass is 19.4. The summed E-state index contributed by atoms with van der Waals surface area (Å²) >= 11 is 0. The topological polar surface area (TPSA) is 58.4 Å². The molecule has 0 spiro atoms. The smallest absolute Gasteiger partial charge is 0.399 e. The standard InChI is InChI=1S/C12H14F3N3O/c13-12(14,15)10-5-9(16)2-1-8(10)6-18-4-3-17-11(19)7-18/h1-2,5H,3-4,6-7,16H2,(H,17,19). The zero-order chi connectivity index (χ0) is 14.0. The van der Waals surface area contributed by atoms with E-state index in [2.05, 4.69) is 5.32 Å². The Balaban J connectivity index is 2.22. The van der Waals surface area contributed by atoms with Crippen LogP contribution >= 0.6 is 0 Å². The van der Waals surface area contributed by atoms with E-state index < -0.39 is 11.7 Å². The lowest BCUT2D eigenvalue weighted by atomic mass is 10.1. The summed E-state index contributed by atoms with van der Waals surface area (Å²) in [7, 11) is 0. The van der Waals surface area contributed by atoms with Crippen molar-refractivity contribution in [1.29, 1.82) is 0 Å². The van der Waals surface area contributed by atoms with E-state index in [1.807, 2.05) is 0 Å². The monoisotopic (exact) mass is 273 g/mol. The molecule has 1 fully saturated rings. The van der Waals surface area contributed by atoms with Crippen molar-refractivity contribution in [2.24, 2.45) is 0 Å². The number of nitrogens with zero attached hydrogens (tertiary/aromatic N) is 1. The number of rotatable bonds is 2. The van der Waals surface area contributed by atoms with Crippen molar-refractivity contribution in [3.63, 3.8) is 0 Å². The fourth-order valence-electron chi connectivity index (χ4n) is 2.06. The number of nitrogens with two attached hydrogens (primary N) is 1. The van der Waals surface area contributed by atoms with Gasteiger partial charge in [0, 0.05) is 25.3 Å². The summed E-state index contributed by atoms with van der Waals surface area (Å²) in [4.78, 5) is 12.9. The van der Waals surface area contributed by atoms with Gasteiger partial charge in [-0.2, -0.15) is 13.2 Å². The number of hydrogen-bond acceptors (Lipinski definition) is 3. The first kappa shape index (κ1) is 13.7. The van der Waals surface area contributed by atoms with Crippen molar-refractivity contribution < 1.29 is 18.0 Å². The third kappa shape index (κ3) is 3.37. The van der Waals surface area contributed by atoms with Gasteiger partial charge in [-0.15, -0.1) is 0 Å². The molecular weight excluding hydrogens is 259 g/mol. The molecule has 1 aliphatic heterocycles. The Morgan fingerprint density at radius 2 is 2.11 bits per heavy atom. The predicted octanol–water partition coefficient (Wildman–Crippen LogP) is 1.22. The van der Waals surface area contributed by atoms with E-state index in [1.54, 1.807) is 4.90 Å². The number of halogens is 3. The molecule has 1 heterocycles. The summed E-state index contributed by atoms with van der Waals surface area (Å²) in [6, 6.07) is 3.73. The summed E-state index contributed by atoms with van der Waals surface area (Å²) in [6.07, 6.45) is -4.44. The van der Waals surface area contributed by atoms with Gasteiger partial charge in [0.05, 0.1) is 12.1 Å². The van der Waals surface area contributed by atoms with E-state index in [4.69, 9.17) is 5.73 Å². The van der Waals surface area contributed by atoms with Gasteiger partial charge in [0.15, 0.2) is 0 Å². The summed E-state index contributed by atoms with van der Waals surface area (Å²) in [5.41, 5.74) is 4.88. The molecule has 0 aliphatic carbocycles. The summed E-state index contributed by atoms with van der Waals surface area (Å²) in [6.45, 7) is 1.19. The minimum absolute atomic E-state index is 0.0764. The van der Waals surface area contributed by atoms with Crippen LogP contribution in [0.5, 0.6) is 0 Å². The van der Waals surface area contributed by atoms with Crippen LogP contribution in [0.4, 0.5) is 18.9 Å². The Labute approximate surface area is 108 Å². The van der Waals surface area contributed by atoms with Crippen LogP contribution in [0.3, 0.4) is 0 Å². The second-order valence-corrected chi connectivity index (χ2v) is 4.47. The molecule has 0 unspecified atom stereocenters. The average Bonchev–Trinajstić information content (AvgIpc) is 2.30. The molecule has 0 saturated carbocycles. The number of anilines is 1. The number of carbonyl (C=O) groups excluding carboxylic acids is 1. The van der Waals surface area contributed by atoms with Gasteiger partial charge in [0.2, 0.25) is 5.91 Å². The number of piperazine rings is 1. The molecule has 0 aromatic heterocycles. The number of carbonyl (C=O) groups is 1. The fourth-order valence-corrected chi connectivity index (χ4v) is 2.06. The highest BCUT2D eigenvalue weighted by Crippen LogP contribution is 2.33. The second kappa shape index (κ2) is 5.08. The average molecular weight is 273 g/mol. The summed E-state index contributed by atoms with van der Waals surface area (Å²) in [5, 5.41) is 2.63. The lowest BCUT2D eigenvalue weighted by molar-refractivity contribution is -0.138. The van der Waals surface area contributed by atoms with Crippen LogP contribution in [0, 0.1) is 0 Å². The second-order valence-electron chi connectivity index (χ2n) is 4.47. The molecular formula is C12H14F3N3O. The highest BCUT2D eigenvalue weighted by Gasteiger charge is 2.34. The summed E-state index contributed by atoms with van der Waals surface area (Å²) in [5.74, 6) is -0.171. The van der Waals surface area contributed by atoms with E-state index in [0.29, 0.717) is 13.1 Å². The van der Waals surface area contributed by atoms with Crippen LogP contribution in [0.15, 0.2) is 18.2 Å². The molecule has 1 aromatic carbocycles. The molecule has 3 N–H and O–H groups in total. The van der Waals surface area contributed by atoms with Crippen LogP contribution in [0.25, 0.3) is 0 Å². The first-order chi connectivity index (χ1) is 8.86. The largest absolute Gasteiger partial charge is 0.416 e. The summed E-state index contributed by atoms with van der Waals surface area (Å²) < 4.78 is 38.7. The lowest BCUT2D eigenvalue weighted by Crippen LogP contribution is -2.47. The van der Waals surface area contributed by atoms with Gasteiger partial charge in [0.1, 0.15) is 0 Å². The third-order valence-corrected chi connectivity index (χ3v) is 2.95. The SMILES string of the molecule is Nc1ccc(CN2CCNC(=O)C2)c(C(F)(F)F)c1. The maximum atomic E-state index is 12.9. The molecule has 1 aromatic rings. The minimum atomic E-state index is -4.44. The maximum absolute atomic E-state index is 12.9. The fraction of sp³-hybridized carbons (Fsp3) is 0.417. The Morgan fingerprint density at radius 3 is 2.74 bits per heavy atom. The molecule has 0 atom stereocenters. The van der Waals surface area contributed by atoms with Crippen molar-refractivity contribution in [2.75, 3.05) is 25.4 Å². The van der Waals surface area contributed by atoms with Crippen LogP contribution < -0.4 is 11.1 Å². The lowest BCUT2D eigenvalue weighted by Gasteiger charge is -2.27. The Kier molecular flexibility index (Phi) is 3.66. The van der Waals surface area contributed by atoms with E-state index in [9.17, 15) is 18.0 Å². The van der Waals surface area contributed by atoms with Gasteiger partial charge >= 0.3 is 6.18 Å². The maximum Gasteiger partial charge on any atom is 0.416 e. The van der Waals surface area contributed by atoms with Crippen LogP contribution in [-0.4, -0.2) is 30.4 Å². The molecule has 19 heavy (non-hydrogen) atoms. The Bertz CT molecular complexity index is 488. The van der Waals surface area contributed by atoms with Gasteiger partial charge in [-0.1, -0.05) is 6.07 Å². The van der Waals surface area contributed by atoms with E-state index in [1.165, 1.54) is 12.1 Å². The predicted molar refractivity (Wildman–Crippen MR) is 64.1 cm³/mol. The molecule has 1 aliphatic rings. The highest BCUT2D eigenvalue weighted by molar-refractivity contribution is 5.78. The number of alkyl halides is 3. The molecule has 4 nitrogen and oxygen atoms in total. The molecule has 0 bridgehead atoms. The number of amides is 1. The zero-order valence-electron chi connectivity index (χ0n) is 10.1. The van der Waals surface area contributed by atoms with Crippen LogP contribution in [0.2, 0.25) is 0 Å². The van der Waals surface area contributed by atoms with Gasteiger partial charge in [-0.05, 0) is 17.7 Å². The van der Waals surface area contributed by atoms with Crippen molar-refractivity contribution in [3.8, 4) is 0 Å². The van der Waals surface area contributed by atoms with Crippen LogP contribution in [0.1, 0.15) is 11.1 Å². The van der Waals surface area contributed by atoms with Gasteiger partial charge < -0.3 is 11.1 Å². The van der Waals surface area contributed by atoms with Gasteiger partial charge in [-0.3, -0.25) is 9.69 Å². The molecule has 2 rings (SSSR count). The van der Waals surface area contributed by atoms with E-state index in [-0.39, 0.29) is 30.2 Å². The van der Waals surface area contributed by atoms with Crippen molar-refractivity contribution in [2.45, 2.75) is 12.7 Å². The van der Waals surface area contributed by atoms with E-state index in [0.717, 1.165) is 6.07 Å². The number of nitrogens with one attached hydrogen (secondary N) is 1. The molecule has 1 saturated heterocycles. The quantitative estimate of drug-likeness (QED) is 0.797. The first-order valence-corrected chi connectivity index (χ1v) is 5.81. The van der Waals surface area contributed by atoms with Crippen molar-refractivity contribution in [1.82, 2.24) is 10.2 Å². The molecule has 0 radical (unpaired) electrons. The van der Waals surface area contributed by atoms with Gasteiger partial charge in [-0.25, -0.2) is 0 Å². The van der Waals surface area contributed by atoms with Crippen LogP contribution in [-0.2, 0) is 17.5 Å². The van der Waals surface area contributed by atoms with Crippen molar-refractivity contribution in [3.05, 3.63) is 29.3 Å². The zero-order valence-corrected chi connectivity index (χ0v) is 10.1. The number of nitrogen functional groups attached to an aromatic ring is 1.